The number of nitrogens with one attached hydrogen (secondary N) is 1. The first-order valence-corrected chi connectivity index (χ1v) is 23.8. The van der Waals surface area contributed by atoms with E-state index < -0.39 is 118 Å². The third-order valence-corrected chi connectivity index (χ3v) is 14.5. The number of aliphatic hydroxyl groups is 5. The summed E-state index contributed by atoms with van der Waals surface area (Å²) in [6, 6.07) is 2.92. The Bertz CT molecular complexity index is 1820. The zero-order chi connectivity index (χ0) is 48.4. The minimum absolute atomic E-state index is 0.0469. The van der Waals surface area contributed by atoms with Gasteiger partial charge < -0.3 is 69.1 Å². The zero-order valence-corrected chi connectivity index (χ0v) is 40.5. The third kappa shape index (κ3) is 12.3. The summed E-state index contributed by atoms with van der Waals surface area (Å²) >= 11 is 0. The van der Waals surface area contributed by atoms with Crippen LogP contribution in [0.4, 0.5) is 10.5 Å². The number of ether oxygens (including phenoxy) is 6. The lowest BCUT2D eigenvalue weighted by Crippen LogP contribution is -2.61. The first kappa shape index (κ1) is 54.0. The molecule has 3 saturated heterocycles. The summed E-state index contributed by atoms with van der Waals surface area (Å²) in [5, 5.41) is 67.6. The van der Waals surface area contributed by atoms with Gasteiger partial charge in [-0.25, -0.2) is 18.4 Å². The Balaban J connectivity index is 1.86. The molecule has 0 aliphatic carbocycles. The van der Waals surface area contributed by atoms with E-state index in [0.29, 0.717) is 6.42 Å². The maximum Gasteiger partial charge on any atom is 0.322 e. The Kier molecular flexibility index (Phi) is 17.9. The van der Waals surface area contributed by atoms with Crippen LogP contribution in [-0.4, -0.2) is 174 Å². The van der Waals surface area contributed by atoms with Gasteiger partial charge in [0, 0.05) is 37.7 Å². The van der Waals surface area contributed by atoms with Crippen LogP contribution < -0.4 is 10.5 Å². The number of sulfonamides is 1. The van der Waals surface area contributed by atoms with E-state index >= 15 is 0 Å². The Morgan fingerprint density at radius 2 is 1.58 bits per heavy atom. The van der Waals surface area contributed by atoms with E-state index in [-0.39, 0.29) is 48.5 Å². The number of methoxy groups -OCH3 is 1. The second-order valence-electron chi connectivity index (χ2n) is 19.4. The first-order chi connectivity index (χ1) is 29.5. The Morgan fingerprint density at radius 3 is 2.12 bits per heavy atom. The maximum absolute atomic E-state index is 14.5. The van der Waals surface area contributed by atoms with Crippen molar-refractivity contribution < 1.29 is 72.0 Å². The van der Waals surface area contributed by atoms with Crippen LogP contribution in [0, 0.1) is 17.8 Å². The molecule has 3 aliphatic rings. The molecular weight excluding hydrogens is 857 g/mol. The van der Waals surface area contributed by atoms with Crippen LogP contribution in [0.5, 0.6) is 0 Å². The number of anilines is 1. The fourth-order valence-corrected chi connectivity index (χ4v) is 10.2. The Morgan fingerprint density at radius 1 is 0.969 bits per heavy atom. The van der Waals surface area contributed by atoms with Crippen molar-refractivity contribution >= 4 is 27.7 Å². The number of benzene rings is 1. The summed E-state index contributed by atoms with van der Waals surface area (Å²) in [6.07, 6.45) is -10.4. The molecule has 0 aromatic heterocycles. The van der Waals surface area contributed by atoms with Crippen LogP contribution in [-0.2, 0) is 43.2 Å². The predicted molar refractivity (Wildman–Crippen MR) is 235 cm³/mol. The number of hydrogen-bond donors (Lipinski definition) is 7. The number of nitrogens with two attached hydrogens (primary N) is 1. The van der Waals surface area contributed by atoms with Gasteiger partial charge in [0.1, 0.15) is 30.0 Å². The zero-order valence-electron chi connectivity index (χ0n) is 39.7. The molecule has 19 nitrogen and oxygen atoms in total. The van der Waals surface area contributed by atoms with Crippen molar-refractivity contribution in [3.63, 3.8) is 0 Å². The van der Waals surface area contributed by atoms with Gasteiger partial charge in [-0.05, 0) is 112 Å². The molecule has 0 saturated carbocycles. The van der Waals surface area contributed by atoms with E-state index in [1.54, 1.807) is 48.5 Å². The van der Waals surface area contributed by atoms with Crippen molar-refractivity contribution in [2.75, 3.05) is 33.1 Å². The molecule has 20 heteroatoms. The summed E-state index contributed by atoms with van der Waals surface area (Å²) in [6.45, 7) is 16.3. The highest BCUT2D eigenvalue weighted by atomic mass is 32.2. The monoisotopic (exact) mass is 933 g/mol. The van der Waals surface area contributed by atoms with Gasteiger partial charge in [-0.2, -0.15) is 0 Å². The van der Waals surface area contributed by atoms with Crippen molar-refractivity contribution in [2.45, 2.75) is 190 Å². The van der Waals surface area contributed by atoms with Crippen molar-refractivity contribution in [2.24, 2.45) is 22.9 Å². The van der Waals surface area contributed by atoms with Crippen molar-refractivity contribution in [1.82, 2.24) is 9.80 Å². The SMILES string of the molecule is CC[C@H]1OC(=O)[C@H](C)[C@@H](O[C@H]2C[C@@](C)(OC)[C@@H](O)[C@H](C)O2)[C@H](C)[C@@H](O[C@@H]2O[C@H](C)C[C@H](N(C)C)[C@H]2O)[C@](C)(O)C[C@@H](C)CN(C(=O)Nc2ccc(S(N)(=O)=O)cc2)[C@H](C)[C@@H](O)[C@]1(C)O. The smallest absolute Gasteiger partial charge is 0.322 e. The lowest BCUT2D eigenvalue weighted by atomic mass is 9.77. The van der Waals surface area contributed by atoms with Gasteiger partial charge in [0.2, 0.25) is 10.0 Å². The van der Waals surface area contributed by atoms with Gasteiger partial charge in [0.25, 0.3) is 0 Å². The molecule has 0 bridgehead atoms. The molecule has 0 spiro atoms. The van der Waals surface area contributed by atoms with Crippen LogP contribution in [0.15, 0.2) is 29.2 Å². The van der Waals surface area contributed by atoms with E-state index in [4.69, 9.17) is 33.6 Å². The number of rotatable bonds is 9. The minimum Gasteiger partial charge on any atom is -0.459 e. The second kappa shape index (κ2) is 21.2. The first-order valence-electron chi connectivity index (χ1n) is 22.2. The van der Waals surface area contributed by atoms with E-state index in [2.05, 4.69) is 5.32 Å². The van der Waals surface area contributed by atoms with Gasteiger partial charge in [0.05, 0.1) is 52.5 Å². The molecule has 4 rings (SSSR count). The lowest BCUT2D eigenvalue weighted by Gasteiger charge is -2.48. The Labute approximate surface area is 378 Å². The fraction of sp³-hybridized carbons (Fsp3) is 0.818. The highest BCUT2D eigenvalue weighted by Gasteiger charge is 2.53. The van der Waals surface area contributed by atoms with E-state index in [1.165, 1.54) is 50.1 Å². The number of esters is 1. The molecule has 3 heterocycles. The van der Waals surface area contributed by atoms with E-state index in [1.807, 2.05) is 25.9 Å². The summed E-state index contributed by atoms with van der Waals surface area (Å²) in [4.78, 5) is 31.7. The summed E-state index contributed by atoms with van der Waals surface area (Å²) in [5.41, 5.74) is -4.84. The molecule has 1 aromatic carbocycles. The van der Waals surface area contributed by atoms with Crippen LogP contribution in [0.25, 0.3) is 0 Å². The van der Waals surface area contributed by atoms with Crippen LogP contribution >= 0.6 is 0 Å². The van der Waals surface area contributed by atoms with E-state index in [0.717, 1.165) is 0 Å². The number of nitrogens with zero attached hydrogens (tertiary/aromatic N) is 2. The molecule has 1 aromatic rings. The number of primary sulfonamides is 1. The normalized spacial score (nSPS) is 42.3. The molecule has 8 N–H and O–H groups in total. The summed E-state index contributed by atoms with van der Waals surface area (Å²) < 4.78 is 61.5. The van der Waals surface area contributed by atoms with Crippen molar-refractivity contribution in [3.05, 3.63) is 24.3 Å². The highest BCUT2D eigenvalue weighted by Crippen LogP contribution is 2.40. The number of amides is 2. The molecule has 64 heavy (non-hydrogen) atoms. The molecular formula is C44H76N4O15S. The number of cyclic esters (lactones) is 1. The average molecular weight is 933 g/mol. The van der Waals surface area contributed by atoms with Crippen molar-refractivity contribution in [3.8, 4) is 0 Å². The van der Waals surface area contributed by atoms with Crippen molar-refractivity contribution in [1.29, 1.82) is 0 Å². The summed E-state index contributed by atoms with van der Waals surface area (Å²) in [7, 11) is 1.12. The largest absolute Gasteiger partial charge is 0.459 e. The van der Waals surface area contributed by atoms with Crippen LogP contribution in [0.2, 0.25) is 0 Å². The van der Waals surface area contributed by atoms with Gasteiger partial charge >= 0.3 is 12.0 Å². The molecule has 2 amide bonds. The highest BCUT2D eigenvalue weighted by molar-refractivity contribution is 7.89. The third-order valence-electron chi connectivity index (χ3n) is 13.6. The number of aliphatic hydroxyl groups excluding tert-OH is 3. The number of likely N-dealkylation sites (N-methyl/N-ethyl adjacent to an activating group) is 1. The second-order valence-corrected chi connectivity index (χ2v) is 20.9. The predicted octanol–water partition coefficient (Wildman–Crippen LogP) is 2.15. The van der Waals surface area contributed by atoms with E-state index in [9.17, 15) is 43.5 Å². The fourth-order valence-electron chi connectivity index (χ4n) is 9.70. The number of carbonyl (C=O) groups excluding carboxylic acids is 2. The van der Waals surface area contributed by atoms with Gasteiger partial charge in [-0.15, -0.1) is 0 Å². The minimum atomic E-state index is -4.02. The Hall–Kier alpha value is -2.57. The standard InChI is InChI=1S/C44H76N4O15S/c1-14-32-44(10,55)36(50)27(6)48(41(53)46-29-15-17-30(18-16-29)64(45,56)57)22-23(2)20-42(8,54)38(63-40-34(49)31(47(11)12)19-24(3)59-40)25(4)35(26(5)39(52)61-32)62-33-21-43(9,58-13)37(51)28(7)60-33/h15-18,23-28,31-38,40,49-51,54-55H,14,19-22H2,1-13H3,(H,46,53)(H2,45,56,57)/t23-,24-,25+,26-,27-,28+,31+,32-,33+,34-,35+,36-,37+,38-,40+,42-,43-,44-/m1/s1. The number of carbonyl (C=O) groups is 2. The van der Waals surface area contributed by atoms with Gasteiger partial charge in [0.15, 0.2) is 12.6 Å². The molecule has 0 radical (unpaired) electrons. The van der Waals surface area contributed by atoms with Crippen LogP contribution in [0.3, 0.4) is 0 Å². The van der Waals surface area contributed by atoms with Gasteiger partial charge in [-0.3, -0.25) is 4.79 Å². The molecule has 3 aliphatic heterocycles. The molecule has 0 unspecified atom stereocenters. The topological polar surface area (TPSA) is 269 Å². The maximum atomic E-state index is 14.5. The molecule has 368 valence electrons. The lowest BCUT2D eigenvalue weighted by molar-refractivity contribution is -0.318. The summed E-state index contributed by atoms with van der Waals surface area (Å²) in [5.74, 6) is -3.45. The van der Waals surface area contributed by atoms with Gasteiger partial charge in [-0.1, -0.05) is 20.8 Å². The molecule has 18 atom stereocenters. The quantitative estimate of drug-likeness (QED) is 0.175. The number of urea groups is 1. The average Bonchev–Trinajstić information content (AvgIpc) is 3.20. The van der Waals surface area contributed by atoms with Crippen LogP contribution in [0.1, 0.15) is 94.9 Å². The number of hydrogen-bond acceptors (Lipinski definition) is 16. The molecule has 3 fully saturated rings.